The van der Waals surface area contributed by atoms with Crippen LogP contribution in [0.4, 0.5) is 0 Å². The topological polar surface area (TPSA) is 56.0 Å². The predicted molar refractivity (Wildman–Crippen MR) is 55.0 cm³/mol. The van der Waals surface area contributed by atoms with E-state index in [-0.39, 0.29) is 5.91 Å². The van der Waals surface area contributed by atoms with Gasteiger partial charge in [0.25, 0.3) is 0 Å². The molecule has 0 unspecified atom stereocenters. The molecule has 70 valence electrons. The molecule has 1 aromatic carbocycles. The van der Waals surface area contributed by atoms with Crippen LogP contribution in [0.3, 0.4) is 0 Å². The maximum Gasteiger partial charge on any atom is 0.248 e. The fraction of sp³-hybridized carbons (Fsp3) is 0.0909. The minimum absolute atomic E-state index is 0.388. The van der Waals surface area contributed by atoms with E-state index in [1.165, 1.54) is 0 Å². The monoisotopic (exact) mass is 186 g/mol. The zero-order chi connectivity index (χ0) is 10.1. The molecule has 3 heteroatoms. The molecule has 0 fully saturated rings. The molecule has 0 bridgehead atoms. The second-order valence-corrected chi connectivity index (χ2v) is 3.25. The van der Waals surface area contributed by atoms with Crippen LogP contribution in [0.15, 0.2) is 30.6 Å². The van der Waals surface area contributed by atoms with Crippen molar-refractivity contribution in [2.75, 3.05) is 0 Å². The van der Waals surface area contributed by atoms with E-state index in [1.54, 1.807) is 18.5 Å². The Morgan fingerprint density at radius 1 is 1.36 bits per heavy atom. The van der Waals surface area contributed by atoms with E-state index in [9.17, 15) is 4.79 Å². The van der Waals surface area contributed by atoms with Gasteiger partial charge in [-0.2, -0.15) is 0 Å². The van der Waals surface area contributed by atoms with Gasteiger partial charge in [0.1, 0.15) is 0 Å². The molecule has 1 amide bonds. The largest absolute Gasteiger partial charge is 0.366 e. The third kappa shape index (κ3) is 1.33. The van der Waals surface area contributed by atoms with Gasteiger partial charge >= 0.3 is 0 Å². The smallest absolute Gasteiger partial charge is 0.248 e. The highest BCUT2D eigenvalue weighted by molar-refractivity contribution is 5.99. The maximum atomic E-state index is 11.1. The summed E-state index contributed by atoms with van der Waals surface area (Å²) in [6.07, 6.45) is 3.47. The number of nitrogens with zero attached hydrogens (tertiary/aromatic N) is 1. The number of hydrogen-bond donors (Lipinski definition) is 1. The van der Waals surface area contributed by atoms with Gasteiger partial charge in [0.15, 0.2) is 0 Å². The molecule has 0 saturated carbocycles. The zero-order valence-corrected chi connectivity index (χ0v) is 7.82. The van der Waals surface area contributed by atoms with Crippen molar-refractivity contribution >= 4 is 16.7 Å². The minimum Gasteiger partial charge on any atom is -0.366 e. The summed E-state index contributed by atoms with van der Waals surface area (Å²) in [6.45, 7) is 1.87. The van der Waals surface area contributed by atoms with Crippen molar-refractivity contribution in [3.63, 3.8) is 0 Å². The number of hydrogen-bond acceptors (Lipinski definition) is 2. The number of pyridine rings is 1. The third-order valence-electron chi connectivity index (χ3n) is 2.25. The molecular weight excluding hydrogens is 176 g/mol. The van der Waals surface area contributed by atoms with Crippen LogP contribution < -0.4 is 5.73 Å². The Labute approximate surface area is 81.6 Å². The molecule has 1 heterocycles. The van der Waals surface area contributed by atoms with Crippen molar-refractivity contribution in [1.82, 2.24) is 4.98 Å². The van der Waals surface area contributed by atoms with Gasteiger partial charge in [-0.15, -0.1) is 0 Å². The van der Waals surface area contributed by atoms with Crippen LogP contribution in [0.2, 0.25) is 0 Å². The number of fused-ring (bicyclic) bond motifs is 1. The van der Waals surface area contributed by atoms with Gasteiger partial charge in [0.2, 0.25) is 5.91 Å². The van der Waals surface area contributed by atoms with Gasteiger partial charge < -0.3 is 5.73 Å². The molecule has 2 aromatic rings. The first kappa shape index (κ1) is 8.69. The Kier molecular flexibility index (Phi) is 1.93. The van der Waals surface area contributed by atoms with Crippen LogP contribution in [0.5, 0.6) is 0 Å². The molecule has 2 rings (SSSR count). The standard InChI is InChI=1S/C11H10N2O/c1-7-4-9-6-13-3-2-8(9)5-10(7)11(12)14/h2-6H,1H3,(H2,12,14). The minimum atomic E-state index is -0.388. The van der Waals surface area contributed by atoms with Crippen molar-refractivity contribution in [2.45, 2.75) is 6.92 Å². The highest BCUT2D eigenvalue weighted by Gasteiger charge is 2.05. The average Bonchev–Trinajstić information content (AvgIpc) is 2.16. The molecule has 0 aliphatic carbocycles. The molecule has 0 atom stereocenters. The van der Waals surface area contributed by atoms with E-state index in [4.69, 9.17) is 5.73 Å². The number of carbonyl (C=O) groups is 1. The number of amides is 1. The second-order valence-electron chi connectivity index (χ2n) is 3.25. The molecule has 0 saturated heterocycles. The number of aryl methyl sites for hydroxylation is 1. The van der Waals surface area contributed by atoms with E-state index in [1.807, 2.05) is 19.1 Å². The summed E-state index contributed by atoms with van der Waals surface area (Å²) in [4.78, 5) is 15.1. The third-order valence-corrected chi connectivity index (χ3v) is 2.25. The lowest BCUT2D eigenvalue weighted by Gasteiger charge is -2.03. The van der Waals surface area contributed by atoms with E-state index in [2.05, 4.69) is 4.98 Å². The predicted octanol–water partition coefficient (Wildman–Crippen LogP) is 1.64. The summed E-state index contributed by atoms with van der Waals surface area (Å²) >= 11 is 0. The summed E-state index contributed by atoms with van der Waals surface area (Å²) in [6, 6.07) is 5.58. The normalized spacial score (nSPS) is 10.4. The summed E-state index contributed by atoms with van der Waals surface area (Å²) in [7, 11) is 0. The van der Waals surface area contributed by atoms with Crippen LogP contribution in [-0.2, 0) is 0 Å². The van der Waals surface area contributed by atoms with Crippen molar-refractivity contribution in [3.8, 4) is 0 Å². The average molecular weight is 186 g/mol. The van der Waals surface area contributed by atoms with E-state index >= 15 is 0 Å². The van der Waals surface area contributed by atoms with E-state index in [0.29, 0.717) is 5.56 Å². The Hall–Kier alpha value is -1.90. The van der Waals surface area contributed by atoms with Gasteiger partial charge in [0.05, 0.1) is 0 Å². The molecule has 0 spiro atoms. The van der Waals surface area contributed by atoms with Gasteiger partial charge in [0, 0.05) is 23.3 Å². The van der Waals surface area contributed by atoms with Crippen molar-refractivity contribution in [2.24, 2.45) is 5.73 Å². The van der Waals surface area contributed by atoms with Crippen LogP contribution in [0.25, 0.3) is 10.8 Å². The molecule has 3 nitrogen and oxygen atoms in total. The second kappa shape index (κ2) is 3.10. The Morgan fingerprint density at radius 2 is 2.14 bits per heavy atom. The van der Waals surface area contributed by atoms with Crippen LogP contribution >= 0.6 is 0 Å². The SMILES string of the molecule is Cc1cc2cnccc2cc1C(N)=O. The lowest BCUT2D eigenvalue weighted by atomic mass is 10.0. The molecule has 1 aromatic heterocycles. The quantitative estimate of drug-likeness (QED) is 0.736. The van der Waals surface area contributed by atoms with E-state index in [0.717, 1.165) is 16.3 Å². The lowest BCUT2D eigenvalue weighted by molar-refractivity contribution is 0.1000. The summed E-state index contributed by atoms with van der Waals surface area (Å²) < 4.78 is 0. The zero-order valence-electron chi connectivity index (χ0n) is 7.82. The van der Waals surface area contributed by atoms with Gasteiger partial charge in [-0.05, 0) is 36.1 Å². The Balaban J connectivity index is 2.77. The summed E-state index contributed by atoms with van der Waals surface area (Å²) in [5.41, 5.74) is 6.71. The first-order valence-electron chi connectivity index (χ1n) is 4.32. The van der Waals surface area contributed by atoms with E-state index < -0.39 is 0 Å². The number of carbonyl (C=O) groups excluding carboxylic acids is 1. The number of rotatable bonds is 1. The number of primary amides is 1. The fourth-order valence-corrected chi connectivity index (χ4v) is 1.52. The van der Waals surface area contributed by atoms with Crippen LogP contribution in [-0.4, -0.2) is 10.9 Å². The number of benzene rings is 1. The Bertz CT molecular complexity index is 506. The van der Waals surface area contributed by atoms with Gasteiger partial charge in [-0.25, -0.2) is 0 Å². The summed E-state index contributed by atoms with van der Waals surface area (Å²) in [5.74, 6) is -0.388. The molecular formula is C11H10N2O. The number of aromatic nitrogens is 1. The van der Waals surface area contributed by atoms with Crippen molar-refractivity contribution in [3.05, 3.63) is 41.7 Å². The molecule has 0 aliphatic heterocycles. The lowest BCUT2D eigenvalue weighted by Crippen LogP contribution is -2.12. The number of nitrogens with two attached hydrogens (primary N) is 1. The highest BCUT2D eigenvalue weighted by atomic mass is 16.1. The van der Waals surface area contributed by atoms with Crippen LogP contribution in [0, 0.1) is 6.92 Å². The van der Waals surface area contributed by atoms with Gasteiger partial charge in [-0.3, -0.25) is 9.78 Å². The highest BCUT2D eigenvalue weighted by Crippen LogP contribution is 2.18. The molecule has 0 aliphatic rings. The Morgan fingerprint density at radius 3 is 2.86 bits per heavy atom. The van der Waals surface area contributed by atoms with Crippen LogP contribution in [0.1, 0.15) is 15.9 Å². The molecule has 14 heavy (non-hydrogen) atoms. The van der Waals surface area contributed by atoms with Gasteiger partial charge in [-0.1, -0.05) is 0 Å². The molecule has 0 radical (unpaired) electrons. The summed E-state index contributed by atoms with van der Waals surface area (Å²) in [5, 5.41) is 2.01. The first-order chi connectivity index (χ1) is 6.68. The molecule has 2 N–H and O–H groups in total. The van der Waals surface area contributed by atoms with Crippen molar-refractivity contribution < 1.29 is 4.79 Å². The maximum absolute atomic E-state index is 11.1. The fourth-order valence-electron chi connectivity index (χ4n) is 1.52. The van der Waals surface area contributed by atoms with Crippen molar-refractivity contribution in [1.29, 1.82) is 0 Å². The first-order valence-corrected chi connectivity index (χ1v) is 4.32.